The topological polar surface area (TPSA) is 132 Å². The van der Waals surface area contributed by atoms with Gasteiger partial charge in [-0.25, -0.2) is 22.4 Å². The third kappa shape index (κ3) is 8.05. The molecule has 2 atom stereocenters. The van der Waals surface area contributed by atoms with Gasteiger partial charge in [0.05, 0.1) is 18.1 Å². The van der Waals surface area contributed by atoms with Crippen LogP contribution in [0.25, 0.3) is 0 Å². The van der Waals surface area contributed by atoms with Gasteiger partial charge in [-0.1, -0.05) is 12.1 Å². The predicted molar refractivity (Wildman–Crippen MR) is 150 cm³/mol. The summed E-state index contributed by atoms with van der Waals surface area (Å²) in [6.07, 6.45) is 0.272. The number of nitrogens with zero attached hydrogens (tertiary/aromatic N) is 2. The minimum atomic E-state index is -4.08. The second-order valence-electron chi connectivity index (χ2n) is 11.1. The van der Waals surface area contributed by atoms with Gasteiger partial charge in [-0.15, -0.1) is 0 Å². The molecule has 2 aliphatic rings. The van der Waals surface area contributed by atoms with Crippen molar-refractivity contribution >= 4 is 28.0 Å². The molecular weight excluding hydrogens is 569 g/mol. The van der Waals surface area contributed by atoms with Crippen molar-refractivity contribution in [1.82, 2.24) is 14.5 Å². The Labute approximate surface area is 245 Å². The quantitative estimate of drug-likeness (QED) is 0.455. The summed E-state index contributed by atoms with van der Waals surface area (Å²) in [5.41, 5.74) is -0.178. The van der Waals surface area contributed by atoms with Gasteiger partial charge in [0, 0.05) is 26.1 Å². The Bertz CT molecular complexity index is 1370. The second kappa shape index (κ2) is 13.2. The fourth-order valence-electron chi connectivity index (χ4n) is 4.71. The first-order chi connectivity index (χ1) is 19.8. The highest BCUT2D eigenvalue weighted by atomic mass is 32.2. The Kier molecular flexibility index (Phi) is 9.85. The molecule has 2 amide bonds. The number of halogens is 1. The van der Waals surface area contributed by atoms with Gasteiger partial charge in [-0.05, 0) is 75.6 Å². The van der Waals surface area contributed by atoms with Gasteiger partial charge in [-0.3, -0.25) is 4.79 Å². The van der Waals surface area contributed by atoms with Crippen molar-refractivity contribution in [1.29, 1.82) is 0 Å². The Balaban J connectivity index is 1.47. The number of hydrogen-bond acceptors (Lipinski definition) is 8. The molecule has 4 rings (SSSR count). The zero-order valence-electron chi connectivity index (χ0n) is 23.9. The zero-order valence-corrected chi connectivity index (χ0v) is 24.7. The van der Waals surface area contributed by atoms with Crippen LogP contribution in [0.2, 0.25) is 0 Å². The van der Waals surface area contributed by atoms with E-state index >= 15 is 0 Å². The summed E-state index contributed by atoms with van der Waals surface area (Å²) in [4.78, 5) is 40.4. The third-order valence-corrected chi connectivity index (χ3v) is 8.69. The summed E-state index contributed by atoms with van der Waals surface area (Å²) in [5, 5.41) is 2.70. The molecule has 0 aromatic heterocycles. The molecule has 2 heterocycles. The first-order valence-corrected chi connectivity index (χ1v) is 15.2. The molecule has 0 saturated carbocycles. The normalized spacial score (nSPS) is 18.8. The molecular formula is C29H36FN3O8S. The Morgan fingerprint density at radius 1 is 1.02 bits per heavy atom. The summed E-state index contributed by atoms with van der Waals surface area (Å²) in [5.74, 6) is -1.57. The standard InChI is InChI=1S/C29H36FN3O8S/c1-29(2,3)41-27(35)24(19-20-6-10-22(11-7-20)40-28(36)32-15-17-39-18-16-32)31-26(34)25-5-4-14-33(25)42(37,38)23-12-8-21(30)9-13-23/h6-13,24-25H,4-5,14-19H2,1-3H3,(H,31,34)/t24-,25-/m0/s1. The van der Waals surface area contributed by atoms with E-state index in [1.807, 2.05) is 0 Å². The smallest absolute Gasteiger partial charge is 0.415 e. The van der Waals surface area contributed by atoms with Gasteiger partial charge in [0.2, 0.25) is 15.9 Å². The van der Waals surface area contributed by atoms with E-state index in [4.69, 9.17) is 14.2 Å². The number of morpholine rings is 1. The number of benzene rings is 2. The number of nitrogens with one attached hydrogen (secondary N) is 1. The molecule has 13 heteroatoms. The molecule has 0 radical (unpaired) electrons. The molecule has 2 fully saturated rings. The summed E-state index contributed by atoms with van der Waals surface area (Å²) >= 11 is 0. The van der Waals surface area contributed by atoms with Crippen LogP contribution in [0.3, 0.4) is 0 Å². The molecule has 0 unspecified atom stereocenters. The van der Waals surface area contributed by atoms with Crippen molar-refractivity contribution in [3.05, 3.63) is 59.9 Å². The van der Waals surface area contributed by atoms with Crippen LogP contribution in [-0.2, 0) is 35.5 Å². The van der Waals surface area contributed by atoms with Gasteiger partial charge in [0.15, 0.2) is 0 Å². The lowest BCUT2D eigenvalue weighted by Crippen LogP contribution is -2.52. The highest BCUT2D eigenvalue weighted by Crippen LogP contribution is 2.27. The zero-order chi connectivity index (χ0) is 30.5. The number of carbonyl (C=O) groups excluding carboxylic acids is 3. The second-order valence-corrected chi connectivity index (χ2v) is 13.0. The minimum Gasteiger partial charge on any atom is -0.458 e. The van der Waals surface area contributed by atoms with Crippen LogP contribution in [0.5, 0.6) is 5.75 Å². The largest absolute Gasteiger partial charge is 0.458 e. The number of sulfonamides is 1. The van der Waals surface area contributed by atoms with E-state index in [1.165, 1.54) is 0 Å². The summed E-state index contributed by atoms with van der Waals surface area (Å²) < 4.78 is 57.2. The molecule has 2 aromatic rings. The lowest BCUT2D eigenvalue weighted by Gasteiger charge is -2.28. The summed E-state index contributed by atoms with van der Waals surface area (Å²) in [7, 11) is -4.08. The Hall–Kier alpha value is -3.55. The van der Waals surface area contributed by atoms with Crippen LogP contribution in [0, 0.1) is 5.82 Å². The van der Waals surface area contributed by atoms with E-state index in [9.17, 15) is 27.2 Å². The highest BCUT2D eigenvalue weighted by Gasteiger charge is 2.41. The van der Waals surface area contributed by atoms with Crippen molar-refractivity contribution in [2.24, 2.45) is 0 Å². The maximum Gasteiger partial charge on any atom is 0.415 e. The van der Waals surface area contributed by atoms with E-state index in [0.29, 0.717) is 44.0 Å². The molecule has 0 spiro atoms. The molecule has 2 aromatic carbocycles. The van der Waals surface area contributed by atoms with Crippen molar-refractivity contribution in [2.75, 3.05) is 32.8 Å². The molecule has 2 aliphatic heterocycles. The van der Waals surface area contributed by atoms with Crippen molar-refractivity contribution in [2.45, 2.75) is 62.6 Å². The number of carbonyl (C=O) groups is 3. The highest BCUT2D eigenvalue weighted by molar-refractivity contribution is 7.89. The third-order valence-electron chi connectivity index (χ3n) is 6.77. The average Bonchev–Trinajstić information content (AvgIpc) is 3.45. The van der Waals surface area contributed by atoms with Crippen LogP contribution in [0.15, 0.2) is 53.4 Å². The lowest BCUT2D eigenvalue weighted by molar-refractivity contribution is -0.158. The Morgan fingerprint density at radius 2 is 1.67 bits per heavy atom. The van der Waals surface area contributed by atoms with E-state index < -0.39 is 51.5 Å². The fraction of sp³-hybridized carbons (Fsp3) is 0.483. The van der Waals surface area contributed by atoms with Crippen LogP contribution in [-0.4, -0.2) is 86.1 Å². The molecule has 0 bridgehead atoms. The maximum atomic E-state index is 13.4. The SMILES string of the molecule is CC(C)(C)OC(=O)[C@H](Cc1ccc(OC(=O)N2CCOCC2)cc1)NC(=O)[C@@H]1CCCN1S(=O)(=O)c1ccc(F)cc1. The van der Waals surface area contributed by atoms with Crippen LogP contribution < -0.4 is 10.1 Å². The minimum absolute atomic E-state index is 0.0514. The fourth-order valence-corrected chi connectivity index (χ4v) is 6.36. The van der Waals surface area contributed by atoms with Crippen LogP contribution >= 0.6 is 0 Å². The van der Waals surface area contributed by atoms with Crippen molar-refractivity contribution < 1.29 is 41.4 Å². The molecule has 42 heavy (non-hydrogen) atoms. The van der Waals surface area contributed by atoms with Gasteiger partial charge in [0.25, 0.3) is 0 Å². The van der Waals surface area contributed by atoms with E-state index in [1.54, 1.807) is 49.9 Å². The molecule has 228 valence electrons. The molecule has 0 aliphatic carbocycles. The monoisotopic (exact) mass is 605 g/mol. The lowest BCUT2D eigenvalue weighted by atomic mass is 10.0. The summed E-state index contributed by atoms with van der Waals surface area (Å²) in [6, 6.07) is 8.77. The first-order valence-electron chi connectivity index (χ1n) is 13.8. The molecule has 11 nitrogen and oxygen atoms in total. The van der Waals surface area contributed by atoms with Gasteiger partial charge >= 0.3 is 12.1 Å². The average molecular weight is 606 g/mol. The van der Waals surface area contributed by atoms with Gasteiger partial charge in [-0.2, -0.15) is 4.31 Å². The number of amides is 2. The molecule has 1 N–H and O–H groups in total. The van der Waals surface area contributed by atoms with Crippen LogP contribution in [0.1, 0.15) is 39.2 Å². The first kappa shape index (κ1) is 31.4. The number of esters is 1. The van der Waals surface area contributed by atoms with E-state index in [0.717, 1.165) is 28.6 Å². The maximum absolute atomic E-state index is 13.4. The van der Waals surface area contributed by atoms with Crippen LogP contribution in [0.4, 0.5) is 9.18 Å². The van der Waals surface area contributed by atoms with Crippen molar-refractivity contribution in [3.8, 4) is 5.75 Å². The van der Waals surface area contributed by atoms with Crippen molar-refractivity contribution in [3.63, 3.8) is 0 Å². The summed E-state index contributed by atoms with van der Waals surface area (Å²) in [6.45, 7) is 7.00. The molecule has 2 saturated heterocycles. The predicted octanol–water partition coefficient (Wildman–Crippen LogP) is 2.88. The Morgan fingerprint density at radius 3 is 2.29 bits per heavy atom. The number of hydrogen-bond donors (Lipinski definition) is 1. The van der Waals surface area contributed by atoms with Gasteiger partial charge in [0.1, 0.15) is 29.3 Å². The number of ether oxygens (including phenoxy) is 3. The number of rotatable bonds is 8. The van der Waals surface area contributed by atoms with E-state index in [-0.39, 0.29) is 24.3 Å². The van der Waals surface area contributed by atoms with E-state index in [2.05, 4.69) is 5.32 Å². The van der Waals surface area contributed by atoms with Gasteiger partial charge < -0.3 is 24.4 Å².